The fraction of sp³-hybridized carbons (Fsp3) is 0.917. The summed E-state index contributed by atoms with van der Waals surface area (Å²) in [7, 11) is 0. The van der Waals surface area contributed by atoms with Crippen LogP contribution in [0.5, 0.6) is 0 Å². The lowest BCUT2D eigenvalue weighted by Crippen LogP contribution is -2.40. The van der Waals surface area contributed by atoms with Crippen molar-refractivity contribution in [2.75, 3.05) is 6.54 Å². The largest absolute Gasteiger partial charge is 0.303 e. The van der Waals surface area contributed by atoms with Crippen LogP contribution in [0, 0.1) is 0 Å². The molecule has 0 bridgehead atoms. The summed E-state index contributed by atoms with van der Waals surface area (Å²) in [6.07, 6.45) is 11.4. The molecule has 1 aliphatic heterocycles. The number of carbonyl (C=O) groups is 1. The van der Waals surface area contributed by atoms with E-state index >= 15 is 0 Å². The van der Waals surface area contributed by atoms with Gasteiger partial charge in [0, 0.05) is 18.5 Å². The summed E-state index contributed by atoms with van der Waals surface area (Å²) in [5.74, 6) is 0. The van der Waals surface area contributed by atoms with Gasteiger partial charge in [0.1, 0.15) is 6.29 Å². The van der Waals surface area contributed by atoms with E-state index in [4.69, 9.17) is 0 Å². The van der Waals surface area contributed by atoms with Gasteiger partial charge < -0.3 is 4.79 Å². The van der Waals surface area contributed by atoms with Crippen molar-refractivity contribution >= 4 is 6.29 Å². The van der Waals surface area contributed by atoms with Crippen LogP contribution in [0.2, 0.25) is 0 Å². The standard InChI is InChI=1S/C12H21NO/c14-10-8-12-7-4-9-13(12)11-5-2-1-3-6-11/h10-12H,1-9H2. The molecular formula is C12H21NO. The summed E-state index contributed by atoms with van der Waals surface area (Å²) in [5.41, 5.74) is 0. The Morgan fingerprint density at radius 3 is 2.57 bits per heavy atom. The zero-order chi connectivity index (χ0) is 9.80. The first-order chi connectivity index (χ1) is 6.92. The van der Waals surface area contributed by atoms with Crippen molar-refractivity contribution in [1.29, 1.82) is 0 Å². The monoisotopic (exact) mass is 195 g/mol. The van der Waals surface area contributed by atoms with E-state index in [0.717, 1.165) is 18.7 Å². The third-order valence-electron chi connectivity index (χ3n) is 3.83. The van der Waals surface area contributed by atoms with Crippen molar-refractivity contribution in [3.05, 3.63) is 0 Å². The maximum Gasteiger partial charge on any atom is 0.121 e. The molecule has 1 saturated heterocycles. The van der Waals surface area contributed by atoms with Gasteiger partial charge in [-0.15, -0.1) is 0 Å². The predicted molar refractivity (Wildman–Crippen MR) is 57.3 cm³/mol. The molecule has 1 unspecified atom stereocenters. The van der Waals surface area contributed by atoms with Crippen molar-refractivity contribution in [2.45, 2.75) is 63.5 Å². The minimum absolute atomic E-state index is 0.579. The summed E-state index contributed by atoms with van der Waals surface area (Å²) in [6.45, 7) is 1.24. The molecule has 0 amide bonds. The third kappa shape index (κ3) is 2.17. The number of likely N-dealkylation sites (tertiary alicyclic amines) is 1. The molecule has 1 saturated carbocycles. The first kappa shape index (κ1) is 10.2. The normalized spacial score (nSPS) is 30.7. The summed E-state index contributed by atoms with van der Waals surface area (Å²) >= 11 is 0. The molecule has 1 aliphatic carbocycles. The second-order valence-corrected chi connectivity index (χ2v) is 4.73. The van der Waals surface area contributed by atoms with E-state index in [-0.39, 0.29) is 0 Å². The van der Waals surface area contributed by atoms with Gasteiger partial charge in [-0.1, -0.05) is 19.3 Å². The first-order valence-electron chi connectivity index (χ1n) is 6.11. The molecule has 1 heterocycles. The Labute approximate surface area is 86.7 Å². The Balaban J connectivity index is 1.90. The maximum atomic E-state index is 10.6. The van der Waals surface area contributed by atoms with E-state index in [0.29, 0.717) is 6.04 Å². The van der Waals surface area contributed by atoms with Crippen molar-refractivity contribution in [3.8, 4) is 0 Å². The molecule has 1 atom stereocenters. The van der Waals surface area contributed by atoms with Gasteiger partial charge in [0.2, 0.25) is 0 Å². The lowest BCUT2D eigenvalue weighted by Gasteiger charge is -2.34. The van der Waals surface area contributed by atoms with Gasteiger partial charge in [0.25, 0.3) is 0 Å². The molecule has 2 aliphatic rings. The highest BCUT2D eigenvalue weighted by Crippen LogP contribution is 2.29. The topological polar surface area (TPSA) is 20.3 Å². The maximum absolute atomic E-state index is 10.6. The Kier molecular flexibility index (Phi) is 3.57. The lowest BCUT2D eigenvalue weighted by atomic mass is 9.93. The Morgan fingerprint density at radius 1 is 1.07 bits per heavy atom. The molecular weight excluding hydrogens is 174 g/mol. The van der Waals surface area contributed by atoms with E-state index in [1.54, 1.807) is 0 Å². The Bertz CT molecular complexity index is 187. The number of rotatable bonds is 3. The second-order valence-electron chi connectivity index (χ2n) is 4.73. The van der Waals surface area contributed by atoms with Crippen LogP contribution in [0.4, 0.5) is 0 Å². The molecule has 14 heavy (non-hydrogen) atoms. The smallest absolute Gasteiger partial charge is 0.121 e. The summed E-state index contributed by atoms with van der Waals surface area (Å²) in [5, 5.41) is 0. The van der Waals surface area contributed by atoms with E-state index in [9.17, 15) is 4.79 Å². The highest BCUT2D eigenvalue weighted by molar-refractivity contribution is 5.50. The Morgan fingerprint density at radius 2 is 1.86 bits per heavy atom. The molecule has 2 rings (SSSR count). The third-order valence-corrected chi connectivity index (χ3v) is 3.83. The van der Waals surface area contributed by atoms with Crippen LogP contribution in [0.1, 0.15) is 51.4 Å². The fourth-order valence-electron chi connectivity index (χ4n) is 3.12. The van der Waals surface area contributed by atoms with Crippen LogP contribution in [-0.2, 0) is 4.79 Å². The molecule has 0 aromatic heterocycles. The van der Waals surface area contributed by atoms with Gasteiger partial charge in [-0.25, -0.2) is 0 Å². The molecule has 0 N–H and O–H groups in total. The van der Waals surface area contributed by atoms with Crippen LogP contribution >= 0.6 is 0 Å². The molecule has 0 aromatic rings. The average molecular weight is 195 g/mol. The number of hydrogen-bond acceptors (Lipinski definition) is 2. The minimum Gasteiger partial charge on any atom is -0.303 e. The van der Waals surface area contributed by atoms with Crippen LogP contribution < -0.4 is 0 Å². The predicted octanol–water partition coefficient (Wildman–Crippen LogP) is 2.37. The average Bonchev–Trinajstić information content (AvgIpc) is 2.68. The number of aldehydes is 1. The van der Waals surface area contributed by atoms with Crippen LogP contribution in [-0.4, -0.2) is 29.8 Å². The summed E-state index contributed by atoms with van der Waals surface area (Å²) in [4.78, 5) is 13.2. The van der Waals surface area contributed by atoms with Crippen molar-refractivity contribution in [2.24, 2.45) is 0 Å². The highest BCUT2D eigenvalue weighted by atomic mass is 16.1. The van der Waals surface area contributed by atoms with Gasteiger partial charge in [-0.05, 0) is 32.2 Å². The molecule has 2 nitrogen and oxygen atoms in total. The molecule has 2 heteroatoms. The molecule has 80 valence electrons. The SMILES string of the molecule is O=CCC1CCCN1C1CCCCC1. The number of hydrogen-bond donors (Lipinski definition) is 0. The number of nitrogens with zero attached hydrogens (tertiary/aromatic N) is 1. The quantitative estimate of drug-likeness (QED) is 0.644. The van der Waals surface area contributed by atoms with Gasteiger partial charge >= 0.3 is 0 Å². The minimum atomic E-state index is 0.579. The molecule has 0 spiro atoms. The zero-order valence-electron chi connectivity index (χ0n) is 8.95. The molecule has 0 aromatic carbocycles. The van der Waals surface area contributed by atoms with Gasteiger partial charge in [0.15, 0.2) is 0 Å². The van der Waals surface area contributed by atoms with Crippen molar-refractivity contribution in [1.82, 2.24) is 4.90 Å². The van der Waals surface area contributed by atoms with Crippen molar-refractivity contribution < 1.29 is 4.79 Å². The Hall–Kier alpha value is -0.370. The second kappa shape index (κ2) is 4.92. The van der Waals surface area contributed by atoms with E-state index < -0.39 is 0 Å². The van der Waals surface area contributed by atoms with E-state index in [2.05, 4.69) is 4.90 Å². The highest BCUT2D eigenvalue weighted by Gasteiger charge is 2.30. The van der Waals surface area contributed by atoms with Crippen LogP contribution in [0.15, 0.2) is 0 Å². The summed E-state index contributed by atoms with van der Waals surface area (Å²) < 4.78 is 0. The van der Waals surface area contributed by atoms with Gasteiger partial charge in [0.05, 0.1) is 0 Å². The van der Waals surface area contributed by atoms with E-state index in [1.807, 2.05) is 0 Å². The molecule has 2 fully saturated rings. The first-order valence-corrected chi connectivity index (χ1v) is 6.11. The summed E-state index contributed by atoms with van der Waals surface area (Å²) in [6, 6.07) is 1.38. The van der Waals surface area contributed by atoms with Crippen LogP contribution in [0.3, 0.4) is 0 Å². The fourth-order valence-corrected chi connectivity index (χ4v) is 3.12. The van der Waals surface area contributed by atoms with Crippen molar-refractivity contribution in [3.63, 3.8) is 0 Å². The zero-order valence-corrected chi connectivity index (χ0v) is 8.95. The number of carbonyl (C=O) groups excluding carboxylic acids is 1. The van der Waals surface area contributed by atoms with E-state index in [1.165, 1.54) is 51.5 Å². The van der Waals surface area contributed by atoms with Gasteiger partial charge in [-0.3, -0.25) is 4.90 Å². The van der Waals surface area contributed by atoms with Crippen LogP contribution in [0.25, 0.3) is 0 Å². The van der Waals surface area contributed by atoms with Gasteiger partial charge in [-0.2, -0.15) is 0 Å². The molecule has 0 radical (unpaired) electrons. The lowest BCUT2D eigenvalue weighted by molar-refractivity contribution is -0.108.